The Morgan fingerprint density at radius 3 is 2.43 bits per heavy atom. The maximum atomic E-state index is 12.7. The molecule has 2 amide bonds. The number of hydrogen-bond acceptors (Lipinski definition) is 3. The summed E-state index contributed by atoms with van der Waals surface area (Å²) < 4.78 is 5.27. The molecule has 3 fully saturated rings. The van der Waals surface area contributed by atoms with Gasteiger partial charge in [-0.2, -0.15) is 0 Å². The Labute approximate surface area is 139 Å². The van der Waals surface area contributed by atoms with E-state index in [0.29, 0.717) is 51.1 Å². The van der Waals surface area contributed by atoms with Crippen molar-refractivity contribution < 1.29 is 14.3 Å². The van der Waals surface area contributed by atoms with E-state index >= 15 is 0 Å². The minimum absolute atomic E-state index is 0.104. The number of rotatable bonds is 3. The van der Waals surface area contributed by atoms with Crippen LogP contribution in [-0.2, 0) is 14.3 Å². The lowest BCUT2D eigenvalue weighted by Crippen LogP contribution is -2.52. The van der Waals surface area contributed by atoms with Crippen molar-refractivity contribution in [3.05, 3.63) is 0 Å². The normalized spacial score (nSPS) is 31.6. The number of ether oxygens (including phenoxy) is 1. The van der Waals surface area contributed by atoms with Crippen LogP contribution in [0.15, 0.2) is 0 Å². The van der Waals surface area contributed by atoms with Crippen molar-refractivity contribution in [3.63, 3.8) is 0 Å². The lowest BCUT2D eigenvalue weighted by molar-refractivity contribution is -0.143. The van der Waals surface area contributed by atoms with Crippen molar-refractivity contribution in [2.24, 2.45) is 11.8 Å². The van der Waals surface area contributed by atoms with Gasteiger partial charge >= 0.3 is 0 Å². The smallest absolute Gasteiger partial charge is 0.223 e. The molecule has 0 bridgehead atoms. The molecule has 2 aliphatic heterocycles. The minimum atomic E-state index is 0.104. The number of amides is 2. The second-order valence-electron chi connectivity index (χ2n) is 7.36. The van der Waals surface area contributed by atoms with Crippen LogP contribution in [0.5, 0.6) is 0 Å². The van der Waals surface area contributed by atoms with Crippen molar-refractivity contribution in [3.8, 4) is 0 Å². The molecule has 3 aliphatic rings. The van der Waals surface area contributed by atoms with Crippen LogP contribution < -0.4 is 0 Å². The number of carbonyl (C=O) groups excluding carboxylic acids is 2. The number of fused-ring (bicyclic) bond motifs is 1. The van der Waals surface area contributed by atoms with Gasteiger partial charge in [0.1, 0.15) is 0 Å². The highest BCUT2D eigenvalue weighted by Gasteiger charge is 2.39. The molecule has 1 saturated carbocycles. The Kier molecular flexibility index (Phi) is 5.57. The number of hydrogen-bond donors (Lipinski definition) is 0. The number of nitrogens with zero attached hydrogens (tertiary/aromatic N) is 2. The second-order valence-corrected chi connectivity index (χ2v) is 7.36. The average molecular weight is 322 g/mol. The summed E-state index contributed by atoms with van der Waals surface area (Å²) in [5.74, 6) is 1.71. The summed E-state index contributed by atoms with van der Waals surface area (Å²) in [5.41, 5.74) is 0. The van der Waals surface area contributed by atoms with Gasteiger partial charge in [0.05, 0.1) is 13.2 Å². The molecule has 0 N–H and O–H groups in total. The third-order valence-corrected chi connectivity index (χ3v) is 5.98. The molecule has 0 spiro atoms. The van der Waals surface area contributed by atoms with Gasteiger partial charge in [0, 0.05) is 38.5 Å². The van der Waals surface area contributed by atoms with Crippen molar-refractivity contribution in [2.45, 2.75) is 57.9 Å². The lowest BCUT2D eigenvalue weighted by Gasteiger charge is -2.47. The summed E-state index contributed by atoms with van der Waals surface area (Å²) in [6, 6.07) is 0.429. The molecule has 23 heavy (non-hydrogen) atoms. The van der Waals surface area contributed by atoms with E-state index in [-0.39, 0.29) is 11.8 Å². The molecule has 3 rings (SSSR count). The molecule has 130 valence electrons. The summed E-state index contributed by atoms with van der Waals surface area (Å²) in [6.07, 6.45) is 6.80. The van der Waals surface area contributed by atoms with Gasteiger partial charge in [0.2, 0.25) is 11.8 Å². The monoisotopic (exact) mass is 322 g/mol. The largest absolute Gasteiger partial charge is 0.378 e. The third-order valence-electron chi connectivity index (χ3n) is 5.98. The average Bonchev–Trinajstić information content (AvgIpc) is 2.60. The van der Waals surface area contributed by atoms with Crippen LogP contribution in [-0.4, -0.2) is 60.5 Å². The summed E-state index contributed by atoms with van der Waals surface area (Å²) in [7, 11) is 0. The summed E-state index contributed by atoms with van der Waals surface area (Å²) >= 11 is 0. The standard InChI is InChI=1S/C18H30N2O3/c1-14-8-9-20(16-5-3-2-4-15(14)16)18(22)7-6-17(21)19-10-12-23-13-11-19/h14-16H,2-13H2,1H3/t14-,15-,16+/m1/s1. The van der Waals surface area contributed by atoms with E-state index in [2.05, 4.69) is 11.8 Å². The molecule has 0 radical (unpaired) electrons. The topological polar surface area (TPSA) is 49.9 Å². The molecule has 1 aliphatic carbocycles. The van der Waals surface area contributed by atoms with Gasteiger partial charge in [-0.3, -0.25) is 9.59 Å². The van der Waals surface area contributed by atoms with Gasteiger partial charge in [0.25, 0.3) is 0 Å². The molecule has 5 heteroatoms. The molecular weight excluding hydrogens is 292 g/mol. The maximum absolute atomic E-state index is 12.7. The van der Waals surface area contributed by atoms with Crippen LogP contribution in [0.1, 0.15) is 51.9 Å². The van der Waals surface area contributed by atoms with Gasteiger partial charge in [-0.05, 0) is 31.1 Å². The highest BCUT2D eigenvalue weighted by Crippen LogP contribution is 2.39. The Morgan fingerprint density at radius 1 is 0.957 bits per heavy atom. The second kappa shape index (κ2) is 7.65. The Hall–Kier alpha value is -1.10. The first-order valence-corrected chi connectivity index (χ1v) is 9.32. The quantitative estimate of drug-likeness (QED) is 0.799. The van der Waals surface area contributed by atoms with E-state index in [1.807, 2.05) is 4.90 Å². The fraction of sp³-hybridized carbons (Fsp3) is 0.889. The van der Waals surface area contributed by atoms with Gasteiger partial charge in [0.15, 0.2) is 0 Å². The summed E-state index contributed by atoms with van der Waals surface area (Å²) in [4.78, 5) is 28.8. The van der Waals surface area contributed by atoms with E-state index in [0.717, 1.165) is 25.3 Å². The predicted octanol–water partition coefficient (Wildman–Crippen LogP) is 2.05. The number of morpholine rings is 1. The molecule has 0 aromatic heterocycles. The van der Waals surface area contributed by atoms with Gasteiger partial charge in [-0.25, -0.2) is 0 Å². The van der Waals surface area contributed by atoms with Crippen LogP contribution in [0.4, 0.5) is 0 Å². The molecule has 0 unspecified atom stereocenters. The van der Waals surface area contributed by atoms with Crippen LogP contribution in [0.2, 0.25) is 0 Å². The fourth-order valence-electron chi connectivity index (χ4n) is 4.55. The highest BCUT2D eigenvalue weighted by molar-refractivity contribution is 5.84. The van der Waals surface area contributed by atoms with Crippen LogP contribution in [0.3, 0.4) is 0 Å². The van der Waals surface area contributed by atoms with Crippen molar-refractivity contribution in [1.29, 1.82) is 0 Å². The van der Waals surface area contributed by atoms with E-state index in [1.54, 1.807) is 0 Å². The molecular formula is C18H30N2O3. The van der Waals surface area contributed by atoms with E-state index < -0.39 is 0 Å². The molecule has 3 atom stereocenters. The van der Waals surface area contributed by atoms with Crippen LogP contribution >= 0.6 is 0 Å². The minimum Gasteiger partial charge on any atom is -0.378 e. The molecule has 5 nitrogen and oxygen atoms in total. The number of carbonyl (C=O) groups is 2. The molecule has 2 saturated heterocycles. The Balaban J connectivity index is 1.52. The van der Waals surface area contributed by atoms with Crippen molar-refractivity contribution in [2.75, 3.05) is 32.8 Å². The van der Waals surface area contributed by atoms with Gasteiger partial charge < -0.3 is 14.5 Å². The van der Waals surface area contributed by atoms with E-state index in [4.69, 9.17) is 4.74 Å². The summed E-state index contributed by atoms with van der Waals surface area (Å²) in [5, 5.41) is 0. The zero-order valence-electron chi connectivity index (χ0n) is 14.3. The Morgan fingerprint density at radius 2 is 1.65 bits per heavy atom. The first-order chi connectivity index (χ1) is 11.2. The summed E-state index contributed by atoms with van der Waals surface area (Å²) in [6.45, 7) is 5.79. The highest BCUT2D eigenvalue weighted by atomic mass is 16.5. The zero-order chi connectivity index (χ0) is 16.2. The van der Waals surface area contributed by atoms with E-state index in [1.165, 1.54) is 19.3 Å². The van der Waals surface area contributed by atoms with Crippen molar-refractivity contribution >= 4 is 11.8 Å². The first-order valence-electron chi connectivity index (χ1n) is 9.32. The maximum Gasteiger partial charge on any atom is 0.223 e. The SMILES string of the molecule is C[C@@H]1CCN(C(=O)CCC(=O)N2CCOCC2)[C@H]2CCCC[C@H]12. The lowest BCUT2D eigenvalue weighted by atomic mass is 9.72. The van der Waals surface area contributed by atoms with Gasteiger partial charge in [-0.15, -0.1) is 0 Å². The third kappa shape index (κ3) is 3.87. The molecule has 2 heterocycles. The van der Waals surface area contributed by atoms with Crippen molar-refractivity contribution in [1.82, 2.24) is 9.80 Å². The Bertz CT molecular complexity index is 434. The number of piperidine rings is 1. The van der Waals surface area contributed by atoms with Crippen LogP contribution in [0.25, 0.3) is 0 Å². The fourth-order valence-corrected chi connectivity index (χ4v) is 4.55. The zero-order valence-corrected chi connectivity index (χ0v) is 14.3. The number of likely N-dealkylation sites (tertiary alicyclic amines) is 1. The van der Waals surface area contributed by atoms with E-state index in [9.17, 15) is 9.59 Å². The molecule has 0 aromatic carbocycles. The molecule has 0 aromatic rings. The van der Waals surface area contributed by atoms with Gasteiger partial charge in [-0.1, -0.05) is 19.8 Å². The predicted molar refractivity (Wildman–Crippen MR) is 87.9 cm³/mol. The first kappa shape index (κ1) is 16.7. The van der Waals surface area contributed by atoms with Crippen LogP contribution in [0, 0.1) is 11.8 Å².